The first kappa shape index (κ1) is 11.4. The van der Waals surface area contributed by atoms with E-state index in [0.29, 0.717) is 0 Å². The van der Waals surface area contributed by atoms with Crippen LogP contribution in [0.5, 0.6) is 0 Å². The molecule has 1 heteroatoms. The second-order valence-corrected chi connectivity index (χ2v) is 6.15. The molecule has 0 amide bonds. The fourth-order valence-electron chi connectivity index (χ4n) is 3.33. The molecule has 2 rings (SSSR count). The second-order valence-electron chi connectivity index (χ2n) is 6.15. The van der Waals surface area contributed by atoms with Gasteiger partial charge in [-0.25, -0.2) is 0 Å². The number of hydrogen-bond donors (Lipinski definition) is 1. The molecule has 2 aliphatic rings. The Kier molecular flexibility index (Phi) is 4.07. The first-order chi connectivity index (χ1) is 7.24. The Labute approximate surface area is 95.0 Å². The lowest BCUT2D eigenvalue weighted by Gasteiger charge is -2.31. The van der Waals surface area contributed by atoms with Crippen molar-refractivity contribution in [1.82, 2.24) is 5.32 Å². The van der Waals surface area contributed by atoms with Crippen LogP contribution in [0.15, 0.2) is 0 Å². The first-order valence-corrected chi connectivity index (χ1v) is 6.97. The molecule has 2 unspecified atom stereocenters. The number of rotatable bonds is 5. The van der Waals surface area contributed by atoms with Crippen LogP contribution in [0.2, 0.25) is 0 Å². The lowest BCUT2D eigenvalue weighted by Crippen LogP contribution is -2.22. The van der Waals surface area contributed by atoms with Crippen LogP contribution in [0.4, 0.5) is 0 Å². The third kappa shape index (κ3) is 4.14. The Hall–Kier alpha value is -0.0400. The summed E-state index contributed by atoms with van der Waals surface area (Å²) in [6.07, 6.45) is 10.2. The Morgan fingerprint density at radius 1 is 1.00 bits per heavy atom. The molecule has 0 aliphatic heterocycles. The Balaban J connectivity index is 1.56. The van der Waals surface area contributed by atoms with Gasteiger partial charge in [-0.15, -0.1) is 0 Å². The van der Waals surface area contributed by atoms with E-state index in [1.165, 1.54) is 51.5 Å². The summed E-state index contributed by atoms with van der Waals surface area (Å²) in [5.41, 5.74) is 0. The molecular formula is C14H27N. The van der Waals surface area contributed by atoms with Crippen molar-refractivity contribution in [3.8, 4) is 0 Å². The largest absolute Gasteiger partial charge is 0.314 e. The highest BCUT2D eigenvalue weighted by atomic mass is 14.9. The van der Waals surface area contributed by atoms with Crippen molar-refractivity contribution in [1.29, 1.82) is 0 Å². The summed E-state index contributed by atoms with van der Waals surface area (Å²) in [6, 6.07) is 0.897. The maximum absolute atomic E-state index is 3.62. The monoisotopic (exact) mass is 209 g/mol. The van der Waals surface area contributed by atoms with E-state index < -0.39 is 0 Å². The lowest BCUT2D eigenvalue weighted by atomic mass is 9.75. The number of hydrogen-bond acceptors (Lipinski definition) is 1. The second kappa shape index (κ2) is 5.34. The third-order valence-electron chi connectivity index (χ3n) is 4.08. The molecule has 0 heterocycles. The summed E-state index contributed by atoms with van der Waals surface area (Å²) >= 11 is 0. The van der Waals surface area contributed by atoms with Crippen molar-refractivity contribution < 1.29 is 0 Å². The van der Waals surface area contributed by atoms with Gasteiger partial charge in [0, 0.05) is 6.04 Å². The van der Waals surface area contributed by atoms with Crippen molar-refractivity contribution in [2.45, 2.75) is 64.8 Å². The first-order valence-electron chi connectivity index (χ1n) is 6.97. The van der Waals surface area contributed by atoms with Crippen molar-refractivity contribution >= 4 is 0 Å². The van der Waals surface area contributed by atoms with Crippen molar-refractivity contribution in [2.24, 2.45) is 17.8 Å². The molecule has 0 radical (unpaired) electrons. The zero-order valence-corrected chi connectivity index (χ0v) is 10.5. The molecule has 2 aliphatic carbocycles. The minimum atomic E-state index is 0.897. The zero-order chi connectivity index (χ0) is 10.7. The van der Waals surface area contributed by atoms with E-state index in [0.717, 1.165) is 23.8 Å². The molecule has 0 aromatic heterocycles. The van der Waals surface area contributed by atoms with Gasteiger partial charge in [0.25, 0.3) is 0 Å². The van der Waals surface area contributed by atoms with Crippen LogP contribution < -0.4 is 5.32 Å². The van der Waals surface area contributed by atoms with Gasteiger partial charge in [0.15, 0.2) is 0 Å². The van der Waals surface area contributed by atoms with Crippen LogP contribution in [-0.2, 0) is 0 Å². The van der Waals surface area contributed by atoms with Gasteiger partial charge in [-0.1, -0.05) is 13.8 Å². The normalized spacial score (nSPS) is 36.8. The highest BCUT2D eigenvalue weighted by Crippen LogP contribution is 2.35. The van der Waals surface area contributed by atoms with E-state index in [1.807, 2.05) is 0 Å². The van der Waals surface area contributed by atoms with Gasteiger partial charge in [0.2, 0.25) is 0 Å². The fraction of sp³-hybridized carbons (Fsp3) is 1.00. The number of nitrogens with one attached hydrogen (secondary N) is 1. The topological polar surface area (TPSA) is 12.0 Å². The van der Waals surface area contributed by atoms with Gasteiger partial charge in [0.05, 0.1) is 0 Å². The molecule has 15 heavy (non-hydrogen) atoms. The average Bonchev–Trinajstić information content (AvgIpc) is 2.94. The van der Waals surface area contributed by atoms with E-state index >= 15 is 0 Å². The highest BCUT2D eigenvalue weighted by Gasteiger charge is 2.24. The molecule has 0 bridgehead atoms. The molecule has 0 saturated heterocycles. The average molecular weight is 209 g/mol. The molecule has 88 valence electrons. The maximum Gasteiger partial charge on any atom is 0.00682 e. The van der Waals surface area contributed by atoms with Gasteiger partial charge >= 0.3 is 0 Å². The van der Waals surface area contributed by atoms with E-state index in [-0.39, 0.29) is 0 Å². The van der Waals surface area contributed by atoms with Crippen LogP contribution in [0.25, 0.3) is 0 Å². The van der Waals surface area contributed by atoms with Gasteiger partial charge in [-0.3, -0.25) is 0 Å². The zero-order valence-electron chi connectivity index (χ0n) is 10.5. The molecule has 1 N–H and O–H groups in total. The minimum Gasteiger partial charge on any atom is -0.314 e. The van der Waals surface area contributed by atoms with Crippen LogP contribution in [0.1, 0.15) is 58.8 Å². The van der Waals surface area contributed by atoms with Gasteiger partial charge < -0.3 is 5.32 Å². The van der Waals surface area contributed by atoms with E-state index in [2.05, 4.69) is 19.2 Å². The van der Waals surface area contributed by atoms with E-state index in [9.17, 15) is 0 Å². The highest BCUT2D eigenvalue weighted by molar-refractivity contribution is 4.81. The van der Waals surface area contributed by atoms with Gasteiger partial charge in [0.1, 0.15) is 0 Å². The fourth-order valence-corrected chi connectivity index (χ4v) is 3.33. The third-order valence-corrected chi connectivity index (χ3v) is 4.08. The van der Waals surface area contributed by atoms with E-state index in [4.69, 9.17) is 0 Å². The van der Waals surface area contributed by atoms with Crippen molar-refractivity contribution in [3.05, 3.63) is 0 Å². The van der Waals surface area contributed by atoms with E-state index in [1.54, 1.807) is 0 Å². The molecule has 2 saturated carbocycles. The predicted octanol–water partition coefficient (Wildman–Crippen LogP) is 3.59. The molecule has 1 nitrogen and oxygen atoms in total. The minimum absolute atomic E-state index is 0.897. The SMILES string of the molecule is CC1CC(C)CC(CCCNC2CC2)C1. The molecule has 0 aromatic rings. The van der Waals surface area contributed by atoms with Crippen molar-refractivity contribution in [3.63, 3.8) is 0 Å². The summed E-state index contributed by atoms with van der Waals surface area (Å²) in [5.74, 6) is 3.00. The summed E-state index contributed by atoms with van der Waals surface area (Å²) in [6.45, 7) is 6.14. The van der Waals surface area contributed by atoms with Crippen LogP contribution in [0, 0.1) is 17.8 Å². The Morgan fingerprint density at radius 2 is 1.67 bits per heavy atom. The molecular weight excluding hydrogens is 182 g/mol. The summed E-state index contributed by atoms with van der Waals surface area (Å²) in [4.78, 5) is 0. The molecule has 0 aromatic carbocycles. The van der Waals surface area contributed by atoms with Crippen molar-refractivity contribution in [2.75, 3.05) is 6.54 Å². The lowest BCUT2D eigenvalue weighted by molar-refractivity contribution is 0.207. The Bertz CT molecular complexity index is 176. The quantitative estimate of drug-likeness (QED) is 0.682. The van der Waals surface area contributed by atoms with Gasteiger partial charge in [-0.05, 0) is 69.2 Å². The van der Waals surface area contributed by atoms with Crippen LogP contribution in [0.3, 0.4) is 0 Å². The van der Waals surface area contributed by atoms with Crippen LogP contribution in [-0.4, -0.2) is 12.6 Å². The molecule has 0 spiro atoms. The summed E-state index contributed by atoms with van der Waals surface area (Å²) in [7, 11) is 0. The van der Waals surface area contributed by atoms with Gasteiger partial charge in [-0.2, -0.15) is 0 Å². The standard InChI is InChI=1S/C14H27N/c1-11-8-12(2)10-13(9-11)4-3-7-15-14-5-6-14/h11-15H,3-10H2,1-2H3. The smallest absolute Gasteiger partial charge is 0.00682 e. The van der Waals surface area contributed by atoms with Crippen LogP contribution >= 0.6 is 0 Å². The molecule has 2 fully saturated rings. The summed E-state index contributed by atoms with van der Waals surface area (Å²) < 4.78 is 0. The maximum atomic E-state index is 3.62. The Morgan fingerprint density at radius 3 is 2.27 bits per heavy atom. The molecule has 2 atom stereocenters. The predicted molar refractivity (Wildman–Crippen MR) is 65.9 cm³/mol. The summed E-state index contributed by atoms with van der Waals surface area (Å²) in [5, 5.41) is 3.62.